The Balaban J connectivity index is 2.17. The standard InChI is InChI=1S/C20H27FN4/c1-5-16-9-8-10-18(19(16)21)17-13-23-20(24-14-17)25(7-3)12-11-15(4)22-6-2/h8-10,13-14H,5-7,11-12H2,1-4H3. The number of aromatic nitrogens is 2. The number of benzene rings is 1. The largest absolute Gasteiger partial charge is 0.341 e. The third-order valence-corrected chi connectivity index (χ3v) is 4.24. The second-order valence-electron chi connectivity index (χ2n) is 5.94. The van der Waals surface area contributed by atoms with Crippen LogP contribution < -0.4 is 4.90 Å². The van der Waals surface area contributed by atoms with E-state index in [1.807, 2.05) is 32.9 Å². The summed E-state index contributed by atoms with van der Waals surface area (Å²) in [5.41, 5.74) is 3.11. The molecule has 0 amide bonds. The molecule has 0 saturated heterocycles. The third-order valence-electron chi connectivity index (χ3n) is 4.24. The lowest BCUT2D eigenvalue weighted by atomic mass is 10.0. The summed E-state index contributed by atoms with van der Waals surface area (Å²) in [4.78, 5) is 15.4. The summed E-state index contributed by atoms with van der Waals surface area (Å²) < 4.78 is 14.5. The molecule has 0 spiro atoms. The quantitative estimate of drug-likeness (QED) is 0.661. The topological polar surface area (TPSA) is 41.4 Å². The molecule has 25 heavy (non-hydrogen) atoms. The Kier molecular flexibility index (Phi) is 7.04. The molecule has 0 aliphatic heterocycles. The van der Waals surface area contributed by atoms with Crippen LogP contribution in [0.25, 0.3) is 11.1 Å². The number of rotatable bonds is 8. The summed E-state index contributed by atoms with van der Waals surface area (Å²) in [6.07, 6.45) is 4.96. The van der Waals surface area contributed by atoms with Crippen molar-refractivity contribution in [1.82, 2.24) is 9.97 Å². The zero-order chi connectivity index (χ0) is 18.2. The van der Waals surface area contributed by atoms with E-state index in [1.54, 1.807) is 18.5 Å². The van der Waals surface area contributed by atoms with Crippen LogP contribution in [0.2, 0.25) is 0 Å². The van der Waals surface area contributed by atoms with Crippen LogP contribution in [0.15, 0.2) is 35.6 Å². The SMILES string of the molecule is CCN=C(C)CCN(CC)c1ncc(-c2cccc(CC)c2F)cn1. The van der Waals surface area contributed by atoms with Crippen LogP contribution in [0.3, 0.4) is 0 Å². The molecule has 0 unspecified atom stereocenters. The number of aryl methyl sites for hydroxylation is 1. The van der Waals surface area contributed by atoms with Gasteiger partial charge in [0.15, 0.2) is 0 Å². The molecule has 0 atom stereocenters. The van der Waals surface area contributed by atoms with Gasteiger partial charge in [0.1, 0.15) is 5.82 Å². The Labute approximate surface area is 149 Å². The minimum atomic E-state index is -0.180. The zero-order valence-corrected chi connectivity index (χ0v) is 15.6. The van der Waals surface area contributed by atoms with E-state index in [9.17, 15) is 4.39 Å². The van der Waals surface area contributed by atoms with E-state index in [1.165, 1.54) is 0 Å². The fourth-order valence-corrected chi connectivity index (χ4v) is 2.74. The number of aliphatic imine (C=N–C) groups is 1. The van der Waals surface area contributed by atoms with Gasteiger partial charge in [0.05, 0.1) is 0 Å². The van der Waals surface area contributed by atoms with Gasteiger partial charge in [0.25, 0.3) is 0 Å². The van der Waals surface area contributed by atoms with Crippen molar-refractivity contribution in [3.63, 3.8) is 0 Å². The molecule has 0 N–H and O–H groups in total. The number of anilines is 1. The maximum Gasteiger partial charge on any atom is 0.225 e. The first-order valence-corrected chi connectivity index (χ1v) is 8.95. The van der Waals surface area contributed by atoms with Crippen molar-refractivity contribution >= 4 is 11.7 Å². The highest BCUT2D eigenvalue weighted by Gasteiger charge is 2.12. The van der Waals surface area contributed by atoms with E-state index in [0.717, 1.165) is 31.8 Å². The molecule has 0 aliphatic carbocycles. The van der Waals surface area contributed by atoms with Crippen molar-refractivity contribution in [3.05, 3.63) is 42.0 Å². The Morgan fingerprint density at radius 3 is 2.48 bits per heavy atom. The summed E-state index contributed by atoms with van der Waals surface area (Å²) in [5.74, 6) is 0.489. The van der Waals surface area contributed by atoms with Gasteiger partial charge in [-0.2, -0.15) is 0 Å². The van der Waals surface area contributed by atoms with Crippen LogP contribution in [0, 0.1) is 5.82 Å². The fourth-order valence-electron chi connectivity index (χ4n) is 2.74. The third kappa shape index (κ3) is 4.84. The predicted octanol–water partition coefficient (Wildman–Crippen LogP) is 4.54. The van der Waals surface area contributed by atoms with E-state index in [2.05, 4.69) is 26.8 Å². The number of halogens is 1. The van der Waals surface area contributed by atoms with Gasteiger partial charge in [-0.1, -0.05) is 25.1 Å². The molecule has 1 heterocycles. The molecule has 0 aliphatic rings. The van der Waals surface area contributed by atoms with E-state index < -0.39 is 0 Å². The first kappa shape index (κ1) is 19.0. The summed E-state index contributed by atoms with van der Waals surface area (Å²) >= 11 is 0. The number of nitrogens with zero attached hydrogens (tertiary/aromatic N) is 4. The fraction of sp³-hybridized carbons (Fsp3) is 0.450. The molecule has 5 heteroatoms. The van der Waals surface area contributed by atoms with Crippen LogP contribution in [0.1, 0.15) is 39.7 Å². The smallest absolute Gasteiger partial charge is 0.225 e. The van der Waals surface area contributed by atoms with Gasteiger partial charge < -0.3 is 4.90 Å². The molecule has 0 saturated carbocycles. The molecule has 0 bridgehead atoms. The number of hydrogen-bond donors (Lipinski definition) is 0. The number of hydrogen-bond acceptors (Lipinski definition) is 4. The highest BCUT2D eigenvalue weighted by Crippen LogP contribution is 2.25. The lowest BCUT2D eigenvalue weighted by Gasteiger charge is -2.20. The van der Waals surface area contributed by atoms with Crippen LogP contribution >= 0.6 is 0 Å². The first-order valence-electron chi connectivity index (χ1n) is 8.95. The molecule has 1 aromatic carbocycles. The van der Waals surface area contributed by atoms with Crippen molar-refractivity contribution in [2.75, 3.05) is 24.5 Å². The molecule has 2 aromatic rings. The van der Waals surface area contributed by atoms with E-state index in [0.29, 0.717) is 29.1 Å². The molecule has 2 rings (SSSR count). The highest BCUT2D eigenvalue weighted by molar-refractivity contribution is 5.82. The van der Waals surface area contributed by atoms with Crippen LogP contribution in [0.5, 0.6) is 0 Å². The minimum absolute atomic E-state index is 0.180. The summed E-state index contributed by atoms with van der Waals surface area (Å²) in [5, 5.41) is 0. The average molecular weight is 342 g/mol. The molecular formula is C20H27FN4. The van der Waals surface area contributed by atoms with Gasteiger partial charge in [0, 0.05) is 55.3 Å². The summed E-state index contributed by atoms with van der Waals surface area (Å²) in [6.45, 7) is 10.6. The van der Waals surface area contributed by atoms with Gasteiger partial charge in [-0.15, -0.1) is 0 Å². The van der Waals surface area contributed by atoms with Crippen LogP contribution in [-0.2, 0) is 6.42 Å². The van der Waals surface area contributed by atoms with Gasteiger partial charge in [0.2, 0.25) is 5.95 Å². The van der Waals surface area contributed by atoms with Gasteiger partial charge >= 0.3 is 0 Å². The van der Waals surface area contributed by atoms with Crippen molar-refractivity contribution in [3.8, 4) is 11.1 Å². The molecule has 1 aromatic heterocycles. The Bertz CT molecular complexity index is 710. The normalized spacial score (nSPS) is 11.6. The molecular weight excluding hydrogens is 315 g/mol. The minimum Gasteiger partial charge on any atom is -0.341 e. The molecule has 134 valence electrons. The van der Waals surface area contributed by atoms with Crippen LogP contribution in [-0.4, -0.2) is 35.3 Å². The zero-order valence-electron chi connectivity index (χ0n) is 15.6. The Morgan fingerprint density at radius 2 is 1.88 bits per heavy atom. The first-order chi connectivity index (χ1) is 12.1. The molecule has 0 fully saturated rings. The van der Waals surface area contributed by atoms with Gasteiger partial charge in [-0.25, -0.2) is 14.4 Å². The van der Waals surface area contributed by atoms with E-state index in [4.69, 9.17) is 0 Å². The van der Waals surface area contributed by atoms with Crippen molar-refractivity contribution in [1.29, 1.82) is 0 Å². The van der Waals surface area contributed by atoms with Crippen molar-refractivity contribution < 1.29 is 4.39 Å². The lowest BCUT2D eigenvalue weighted by Crippen LogP contribution is -2.27. The van der Waals surface area contributed by atoms with Crippen molar-refractivity contribution in [2.45, 2.75) is 40.5 Å². The summed E-state index contributed by atoms with van der Waals surface area (Å²) in [7, 11) is 0. The van der Waals surface area contributed by atoms with Crippen LogP contribution in [0.4, 0.5) is 10.3 Å². The second kappa shape index (κ2) is 9.25. The van der Waals surface area contributed by atoms with Crippen molar-refractivity contribution in [2.24, 2.45) is 4.99 Å². The molecule has 0 radical (unpaired) electrons. The maximum atomic E-state index is 14.5. The van der Waals surface area contributed by atoms with Gasteiger partial charge in [-0.3, -0.25) is 4.99 Å². The highest BCUT2D eigenvalue weighted by atomic mass is 19.1. The Morgan fingerprint density at radius 1 is 1.16 bits per heavy atom. The van der Waals surface area contributed by atoms with Gasteiger partial charge in [-0.05, 0) is 32.8 Å². The van der Waals surface area contributed by atoms with E-state index in [-0.39, 0.29) is 5.82 Å². The maximum absolute atomic E-state index is 14.5. The van der Waals surface area contributed by atoms with E-state index >= 15 is 0 Å². The monoisotopic (exact) mass is 342 g/mol. The second-order valence-corrected chi connectivity index (χ2v) is 5.94. The lowest BCUT2D eigenvalue weighted by molar-refractivity contribution is 0.615. The Hall–Kier alpha value is -2.30. The molecule has 4 nitrogen and oxygen atoms in total. The predicted molar refractivity (Wildman–Crippen MR) is 103 cm³/mol. The summed E-state index contributed by atoms with van der Waals surface area (Å²) in [6, 6.07) is 5.46. The average Bonchev–Trinajstić information content (AvgIpc) is 2.63.